The van der Waals surface area contributed by atoms with E-state index >= 15 is 0 Å². The molecule has 1 aliphatic rings. The highest BCUT2D eigenvalue weighted by atomic mass is 19.1. The average molecular weight is 287 g/mol. The van der Waals surface area contributed by atoms with Crippen LogP contribution in [0.1, 0.15) is 6.92 Å². The molecule has 2 aromatic rings. The molecule has 0 saturated carbocycles. The molecule has 1 atom stereocenters. The Hall–Kier alpha value is -2.37. The van der Waals surface area contributed by atoms with Crippen LogP contribution in [-0.2, 0) is 0 Å². The molecule has 1 fully saturated rings. The maximum absolute atomic E-state index is 13.3. The van der Waals surface area contributed by atoms with Gasteiger partial charge in [-0.15, -0.1) is 0 Å². The van der Waals surface area contributed by atoms with Crippen LogP contribution in [0.5, 0.6) is 0 Å². The summed E-state index contributed by atoms with van der Waals surface area (Å²) in [6.45, 7) is 4.57. The second-order valence-electron chi connectivity index (χ2n) is 5.24. The van der Waals surface area contributed by atoms with Gasteiger partial charge < -0.3 is 15.5 Å². The number of rotatable bonds is 2. The van der Waals surface area contributed by atoms with Gasteiger partial charge in [-0.05, 0) is 31.2 Å². The minimum Gasteiger partial charge on any atom is -0.368 e. The number of nitrogen functional groups attached to an aromatic ring is 1. The lowest BCUT2D eigenvalue weighted by Crippen LogP contribution is -2.52. The second-order valence-corrected chi connectivity index (χ2v) is 5.24. The lowest BCUT2D eigenvalue weighted by atomic mass is 10.1. The Morgan fingerprint density at radius 1 is 1.29 bits per heavy atom. The number of halogens is 1. The molecule has 5 nitrogen and oxygen atoms in total. The molecular formula is C15H18FN5. The molecule has 0 amide bonds. The van der Waals surface area contributed by atoms with Crippen LogP contribution in [0.3, 0.4) is 0 Å². The van der Waals surface area contributed by atoms with Crippen molar-refractivity contribution >= 4 is 17.5 Å². The van der Waals surface area contributed by atoms with Crippen LogP contribution in [0.4, 0.5) is 21.8 Å². The molecule has 0 radical (unpaired) electrons. The van der Waals surface area contributed by atoms with Crippen LogP contribution in [0.2, 0.25) is 0 Å². The van der Waals surface area contributed by atoms with E-state index in [4.69, 9.17) is 5.73 Å². The molecule has 0 bridgehead atoms. The van der Waals surface area contributed by atoms with E-state index in [1.54, 1.807) is 18.3 Å². The number of benzene rings is 1. The van der Waals surface area contributed by atoms with Gasteiger partial charge in [0.05, 0.1) is 0 Å². The van der Waals surface area contributed by atoms with E-state index in [-0.39, 0.29) is 17.8 Å². The fourth-order valence-corrected chi connectivity index (χ4v) is 2.73. The van der Waals surface area contributed by atoms with Crippen LogP contribution in [-0.4, -0.2) is 35.6 Å². The summed E-state index contributed by atoms with van der Waals surface area (Å²) in [5.74, 6) is 0.923. The van der Waals surface area contributed by atoms with Gasteiger partial charge in [-0.25, -0.2) is 9.37 Å². The van der Waals surface area contributed by atoms with Gasteiger partial charge in [0, 0.05) is 37.6 Å². The first-order valence-electron chi connectivity index (χ1n) is 6.99. The molecule has 21 heavy (non-hydrogen) atoms. The summed E-state index contributed by atoms with van der Waals surface area (Å²) in [5.41, 5.74) is 6.56. The molecule has 1 aromatic heterocycles. The maximum atomic E-state index is 13.3. The Morgan fingerprint density at radius 3 is 2.86 bits per heavy atom. The minimum absolute atomic E-state index is 0.203. The number of nitrogens with zero attached hydrogens (tertiary/aromatic N) is 4. The van der Waals surface area contributed by atoms with Crippen LogP contribution in [0.25, 0.3) is 0 Å². The van der Waals surface area contributed by atoms with Gasteiger partial charge in [0.2, 0.25) is 5.95 Å². The minimum atomic E-state index is -0.203. The van der Waals surface area contributed by atoms with Gasteiger partial charge in [-0.1, -0.05) is 6.07 Å². The summed E-state index contributed by atoms with van der Waals surface area (Å²) in [7, 11) is 0. The van der Waals surface area contributed by atoms with Crippen LogP contribution >= 0.6 is 0 Å². The number of anilines is 3. The van der Waals surface area contributed by atoms with Crippen molar-refractivity contribution in [3.63, 3.8) is 0 Å². The second kappa shape index (κ2) is 5.55. The largest absolute Gasteiger partial charge is 0.368 e. The average Bonchev–Trinajstić information content (AvgIpc) is 2.47. The highest BCUT2D eigenvalue weighted by molar-refractivity contribution is 5.50. The van der Waals surface area contributed by atoms with Crippen molar-refractivity contribution in [2.24, 2.45) is 0 Å². The smallest absolute Gasteiger partial charge is 0.221 e. The van der Waals surface area contributed by atoms with E-state index in [9.17, 15) is 4.39 Å². The summed E-state index contributed by atoms with van der Waals surface area (Å²) in [6, 6.07) is 8.85. The Balaban J connectivity index is 1.75. The van der Waals surface area contributed by atoms with Crippen molar-refractivity contribution in [2.75, 3.05) is 35.2 Å². The van der Waals surface area contributed by atoms with Gasteiger partial charge in [0.1, 0.15) is 11.6 Å². The number of nitrogens with two attached hydrogens (primary N) is 1. The lowest BCUT2D eigenvalue weighted by molar-refractivity contribution is 0.544. The molecule has 1 aliphatic heterocycles. The predicted molar refractivity (Wildman–Crippen MR) is 81.9 cm³/mol. The van der Waals surface area contributed by atoms with Crippen molar-refractivity contribution < 1.29 is 4.39 Å². The Morgan fingerprint density at radius 2 is 2.14 bits per heavy atom. The first-order chi connectivity index (χ1) is 10.1. The van der Waals surface area contributed by atoms with Gasteiger partial charge >= 0.3 is 0 Å². The number of aromatic nitrogens is 2. The van der Waals surface area contributed by atoms with E-state index < -0.39 is 0 Å². The van der Waals surface area contributed by atoms with Crippen molar-refractivity contribution in [3.05, 3.63) is 42.3 Å². The third-order valence-corrected chi connectivity index (χ3v) is 3.75. The van der Waals surface area contributed by atoms with Crippen LogP contribution in [0, 0.1) is 5.82 Å². The fourth-order valence-electron chi connectivity index (χ4n) is 2.73. The molecule has 6 heteroatoms. The molecule has 1 saturated heterocycles. The van der Waals surface area contributed by atoms with Crippen molar-refractivity contribution in [1.29, 1.82) is 0 Å². The number of hydrogen-bond donors (Lipinski definition) is 1. The third kappa shape index (κ3) is 2.89. The Bertz CT molecular complexity index is 633. The topological polar surface area (TPSA) is 58.3 Å². The van der Waals surface area contributed by atoms with E-state index in [1.165, 1.54) is 6.07 Å². The molecule has 1 aromatic carbocycles. The van der Waals surface area contributed by atoms with Crippen LogP contribution < -0.4 is 15.5 Å². The highest BCUT2D eigenvalue weighted by Crippen LogP contribution is 2.23. The quantitative estimate of drug-likeness (QED) is 0.914. The van der Waals surface area contributed by atoms with Gasteiger partial charge in [-0.2, -0.15) is 4.98 Å². The summed E-state index contributed by atoms with van der Waals surface area (Å²) in [5, 5.41) is 0. The van der Waals surface area contributed by atoms with E-state index in [0.29, 0.717) is 0 Å². The molecule has 2 N–H and O–H groups in total. The highest BCUT2D eigenvalue weighted by Gasteiger charge is 2.25. The molecule has 0 spiro atoms. The maximum Gasteiger partial charge on any atom is 0.221 e. The molecule has 110 valence electrons. The summed E-state index contributed by atoms with van der Waals surface area (Å²) in [6.07, 6.45) is 1.67. The summed E-state index contributed by atoms with van der Waals surface area (Å²) in [4.78, 5) is 12.6. The molecule has 2 heterocycles. The Kier molecular flexibility index (Phi) is 3.60. The van der Waals surface area contributed by atoms with Gasteiger partial charge in [0.15, 0.2) is 0 Å². The normalized spacial score (nSPS) is 18.9. The van der Waals surface area contributed by atoms with Crippen molar-refractivity contribution in [1.82, 2.24) is 9.97 Å². The molecule has 1 unspecified atom stereocenters. The monoisotopic (exact) mass is 287 g/mol. The molecule has 0 aliphatic carbocycles. The number of hydrogen-bond acceptors (Lipinski definition) is 5. The zero-order chi connectivity index (χ0) is 14.8. The molecular weight excluding hydrogens is 269 g/mol. The standard InChI is InChI=1S/C15H18FN5/c1-11-10-20(13-4-2-3-12(16)9-13)7-8-21(11)14-5-6-18-15(17)19-14/h2-6,9,11H,7-8,10H2,1H3,(H2,17,18,19). The predicted octanol–water partition coefficient (Wildman–Crippen LogP) is 1.91. The fraction of sp³-hybridized carbons (Fsp3) is 0.333. The van der Waals surface area contributed by atoms with E-state index in [1.807, 2.05) is 12.1 Å². The summed E-state index contributed by atoms with van der Waals surface area (Å²) >= 11 is 0. The third-order valence-electron chi connectivity index (χ3n) is 3.75. The zero-order valence-electron chi connectivity index (χ0n) is 11.9. The number of piperazine rings is 1. The lowest BCUT2D eigenvalue weighted by Gasteiger charge is -2.41. The van der Waals surface area contributed by atoms with Crippen LogP contribution in [0.15, 0.2) is 36.5 Å². The van der Waals surface area contributed by atoms with Crippen molar-refractivity contribution in [2.45, 2.75) is 13.0 Å². The SMILES string of the molecule is CC1CN(c2cccc(F)c2)CCN1c1ccnc(N)n1. The first kappa shape index (κ1) is 13.6. The zero-order valence-corrected chi connectivity index (χ0v) is 11.9. The van der Waals surface area contributed by atoms with Gasteiger partial charge in [0.25, 0.3) is 0 Å². The van der Waals surface area contributed by atoms with Crippen molar-refractivity contribution in [3.8, 4) is 0 Å². The van der Waals surface area contributed by atoms with Gasteiger partial charge in [-0.3, -0.25) is 0 Å². The molecule has 3 rings (SSSR count). The Labute approximate surface area is 123 Å². The first-order valence-corrected chi connectivity index (χ1v) is 6.99. The van der Waals surface area contributed by atoms with E-state index in [0.717, 1.165) is 31.1 Å². The summed E-state index contributed by atoms with van der Waals surface area (Å²) < 4.78 is 13.3. The van der Waals surface area contributed by atoms with E-state index in [2.05, 4.69) is 26.7 Å².